The smallest absolute Gasteiger partial charge is 0.321 e. The van der Waals surface area contributed by atoms with Gasteiger partial charge in [-0.2, -0.15) is 0 Å². The molecule has 2 amide bonds. The highest BCUT2D eigenvalue weighted by atomic mass is 16.2. The quantitative estimate of drug-likeness (QED) is 0.767. The molecular formula is C13H23N3O. The Balaban J connectivity index is 1.69. The summed E-state index contributed by atoms with van der Waals surface area (Å²) >= 11 is 0. The summed E-state index contributed by atoms with van der Waals surface area (Å²) in [5, 5.41) is 6.12. The van der Waals surface area contributed by atoms with Crippen molar-refractivity contribution in [3.63, 3.8) is 0 Å². The molecule has 1 saturated heterocycles. The number of nitrogens with zero attached hydrogens (tertiary/aromatic N) is 1. The number of rotatable bonds is 2. The van der Waals surface area contributed by atoms with Crippen molar-refractivity contribution >= 4 is 6.03 Å². The van der Waals surface area contributed by atoms with Crippen LogP contribution in [0.2, 0.25) is 0 Å². The summed E-state index contributed by atoms with van der Waals surface area (Å²) in [5.74, 6) is 0.673. The predicted molar refractivity (Wildman–Crippen MR) is 68.7 cm³/mol. The van der Waals surface area contributed by atoms with Gasteiger partial charge in [-0.15, -0.1) is 0 Å². The van der Waals surface area contributed by atoms with E-state index in [2.05, 4.69) is 16.7 Å². The Morgan fingerprint density at radius 1 is 1.18 bits per heavy atom. The highest BCUT2D eigenvalue weighted by Gasteiger charge is 2.15. The van der Waals surface area contributed by atoms with Gasteiger partial charge in [0.15, 0.2) is 0 Å². The molecule has 0 aromatic heterocycles. The fourth-order valence-electron chi connectivity index (χ4n) is 2.54. The average molecular weight is 237 g/mol. The molecule has 0 aromatic carbocycles. The number of carbonyl (C=O) groups is 1. The van der Waals surface area contributed by atoms with Crippen molar-refractivity contribution < 1.29 is 4.79 Å². The van der Waals surface area contributed by atoms with Crippen LogP contribution >= 0.6 is 0 Å². The summed E-state index contributed by atoms with van der Waals surface area (Å²) in [7, 11) is 0. The standard InChI is InChI=1S/C13H23N3O/c17-13(16-10-8-14-9-11-16)15-7-6-12-4-2-1-3-5-12/h6-7,12,14H,1-5,8-11H2,(H,15,17)/b7-6+. The summed E-state index contributed by atoms with van der Waals surface area (Å²) < 4.78 is 0. The third-order valence-corrected chi connectivity index (χ3v) is 3.63. The van der Waals surface area contributed by atoms with E-state index < -0.39 is 0 Å². The molecule has 17 heavy (non-hydrogen) atoms. The van der Waals surface area contributed by atoms with E-state index in [9.17, 15) is 4.79 Å². The SMILES string of the molecule is O=C(N/C=C/C1CCCCC1)N1CCNCC1. The maximum Gasteiger partial charge on any atom is 0.321 e. The highest BCUT2D eigenvalue weighted by Crippen LogP contribution is 2.24. The summed E-state index contributed by atoms with van der Waals surface area (Å²) in [4.78, 5) is 13.6. The molecule has 2 fully saturated rings. The van der Waals surface area contributed by atoms with Crippen LogP contribution in [0.5, 0.6) is 0 Å². The van der Waals surface area contributed by atoms with Crippen molar-refractivity contribution in [2.75, 3.05) is 26.2 Å². The van der Waals surface area contributed by atoms with Gasteiger partial charge in [0.05, 0.1) is 0 Å². The highest BCUT2D eigenvalue weighted by molar-refractivity contribution is 5.75. The van der Waals surface area contributed by atoms with Crippen LogP contribution in [0.1, 0.15) is 32.1 Å². The van der Waals surface area contributed by atoms with Crippen molar-refractivity contribution in [3.05, 3.63) is 12.3 Å². The maximum atomic E-state index is 11.8. The third-order valence-electron chi connectivity index (χ3n) is 3.63. The number of nitrogens with one attached hydrogen (secondary N) is 2. The Morgan fingerprint density at radius 3 is 2.59 bits per heavy atom. The molecule has 1 aliphatic heterocycles. The van der Waals surface area contributed by atoms with Gasteiger partial charge in [0, 0.05) is 32.4 Å². The van der Waals surface area contributed by atoms with Gasteiger partial charge in [-0.3, -0.25) is 0 Å². The Hall–Kier alpha value is -1.03. The zero-order valence-electron chi connectivity index (χ0n) is 10.5. The lowest BCUT2D eigenvalue weighted by molar-refractivity contribution is 0.194. The molecule has 0 spiro atoms. The van der Waals surface area contributed by atoms with Crippen molar-refractivity contribution in [2.45, 2.75) is 32.1 Å². The minimum Gasteiger partial charge on any atom is -0.322 e. The molecule has 1 saturated carbocycles. The number of hydrogen-bond acceptors (Lipinski definition) is 2. The van der Waals surface area contributed by atoms with Crippen LogP contribution in [0.25, 0.3) is 0 Å². The van der Waals surface area contributed by atoms with Gasteiger partial charge in [0.2, 0.25) is 0 Å². The Morgan fingerprint density at radius 2 is 1.88 bits per heavy atom. The van der Waals surface area contributed by atoms with Crippen LogP contribution in [0, 0.1) is 5.92 Å². The first-order valence-electron chi connectivity index (χ1n) is 6.79. The van der Waals surface area contributed by atoms with Crippen LogP contribution in [-0.4, -0.2) is 37.1 Å². The summed E-state index contributed by atoms with van der Waals surface area (Å²) in [5.41, 5.74) is 0. The van der Waals surface area contributed by atoms with Gasteiger partial charge in [-0.25, -0.2) is 4.79 Å². The van der Waals surface area contributed by atoms with Crippen molar-refractivity contribution in [2.24, 2.45) is 5.92 Å². The molecule has 0 atom stereocenters. The lowest BCUT2D eigenvalue weighted by Gasteiger charge is -2.27. The van der Waals surface area contributed by atoms with Crippen molar-refractivity contribution in [1.82, 2.24) is 15.5 Å². The molecular weight excluding hydrogens is 214 g/mol. The van der Waals surface area contributed by atoms with E-state index in [1.807, 2.05) is 11.1 Å². The molecule has 1 heterocycles. The molecule has 0 radical (unpaired) electrons. The monoisotopic (exact) mass is 237 g/mol. The van der Waals surface area contributed by atoms with Crippen LogP contribution < -0.4 is 10.6 Å². The van der Waals surface area contributed by atoms with Crippen LogP contribution in [0.3, 0.4) is 0 Å². The second kappa shape index (κ2) is 6.64. The molecule has 1 aliphatic carbocycles. The maximum absolute atomic E-state index is 11.8. The van der Waals surface area contributed by atoms with E-state index in [0.717, 1.165) is 26.2 Å². The molecule has 96 valence electrons. The first-order chi connectivity index (χ1) is 8.36. The van der Waals surface area contributed by atoms with E-state index in [1.54, 1.807) is 0 Å². The summed E-state index contributed by atoms with van der Waals surface area (Å²) in [6, 6.07) is 0.0403. The zero-order valence-corrected chi connectivity index (χ0v) is 10.5. The van der Waals surface area contributed by atoms with Gasteiger partial charge in [0.1, 0.15) is 0 Å². The first kappa shape index (κ1) is 12.4. The third kappa shape index (κ3) is 4.04. The number of amides is 2. The van der Waals surface area contributed by atoms with Crippen molar-refractivity contribution in [1.29, 1.82) is 0 Å². The first-order valence-corrected chi connectivity index (χ1v) is 6.79. The fourth-order valence-corrected chi connectivity index (χ4v) is 2.54. The largest absolute Gasteiger partial charge is 0.322 e. The van der Waals surface area contributed by atoms with Gasteiger partial charge in [-0.1, -0.05) is 25.3 Å². The normalized spacial score (nSPS) is 22.9. The van der Waals surface area contributed by atoms with E-state index in [0.29, 0.717) is 5.92 Å². The predicted octanol–water partition coefficient (Wildman–Crippen LogP) is 1.70. The van der Waals surface area contributed by atoms with Gasteiger partial charge in [-0.05, 0) is 18.8 Å². The van der Waals surface area contributed by atoms with E-state index in [1.165, 1.54) is 32.1 Å². The van der Waals surface area contributed by atoms with Gasteiger partial charge in [0.25, 0.3) is 0 Å². The fraction of sp³-hybridized carbons (Fsp3) is 0.769. The molecule has 4 nitrogen and oxygen atoms in total. The molecule has 2 aliphatic rings. The molecule has 4 heteroatoms. The number of carbonyl (C=O) groups excluding carboxylic acids is 1. The Bertz CT molecular complexity index is 266. The second-order valence-corrected chi connectivity index (χ2v) is 4.94. The van der Waals surface area contributed by atoms with Crippen LogP contribution in [-0.2, 0) is 0 Å². The Labute approximate surface area is 103 Å². The number of urea groups is 1. The molecule has 0 bridgehead atoms. The topological polar surface area (TPSA) is 44.4 Å². The number of piperazine rings is 1. The average Bonchev–Trinajstić information content (AvgIpc) is 2.41. The minimum absolute atomic E-state index is 0.0403. The lowest BCUT2D eigenvalue weighted by Crippen LogP contribution is -2.49. The number of allylic oxidation sites excluding steroid dienone is 1. The van der Waals surface area contributed by atoms with E-state index in [4.69, 9.17) is 0 Å². The second-order valence-electron chi connectivity index (χ2n) is 4.94. The van der Waals surface area contributed by atoms with Gasteiger partial charge >= 0.3 is 6.03 Å². The lowest BCUT2D eigenvalue weighted by atomic mass is 9.89. The van der Waals surface area contributed by atoms with Crippen molar-refractivity contribution in [3.8, 4) is 0 Å². The minimum atomic E-state index is 0.0403. The van der Waals surface area contributed by atoms with Gasteiger partial charge < -0.3 is 15.5 Å². The molecule has 2 rings (SSSR count). The van der Waals surface area contributed by atoms with Crippen LogP contribution in [0.4, 0.5) is 4.79 Å². The summed E-state index contributed by atoms with van der Waals surface area (Å²) in [6.07, 6.45) is 10.6. The Kier molecular flexibility index (Phi) is 4.86. The van der Waals surface area contributed by atoms with E-state index >= 15 is 0 Å². The molecule has 2 N–H and O–H groups in total. The zero-order chi connectivity index (χ0) is 11.9. The van der Waals surface area contributed by atoms with E-state index in [-0.39, 0.29) is 6.03 Å². The number of hydrogen-bond donors (Lipinski definition) is 2. The molecule has 0 unspecified atom stereocenters. The molecule has 0 aromatic rings. The van der Waals surface area contributed by atoms with Crippen LogP contribution in [0.15, 0.2) is 12.3 Å². The summed E-state index contributed by atoms with van der Waals surface area (Å²) in [6.45, 7) is 3.42.